The molecule has 2 N–H and O–H groups in total. The monoisotopic (exact) mass is 397 g/mol. The second-order valence-electron chi connectivity index (χ2n) is 5.31. The van der Waals surface area contributed by atoms with Gasteiger partial charge in [-0.1, -0.05) is 18.7 Å². The number of carbonyl (C=O) groups is 2. The Kier molecular flexibility index (Phi) is 7.52. The van der Waals surface area contributed by atoms with Crippen LogP contribution in [0.15, 0.2) is 29.0 Å². The molecule has 1 heterocycles. The molecule has 7 nitrogen and oxygen atoms in total. The highest BCUT2D eigenvalue weighted by Crippen LogP contribution is 2.42. The van der Waals surface area contributed by atoms with Crippen LogP contribution in [0.5, 0.6) is 11.5 Å². The van der Waals surface area contributed by atoms with Crippen molar-refractivity contribution in [1.82, 2.24) is 15.5 Å². The van der Waals surface area contributed by atoms with E-state index in [4.69, 9.17) is 9.47 Å². The topological polar surface area (TPSA) is 79.9 Å². The molecule has 9 heteroatoms. The van der Waals surface area contributed by atoms with Crippen molar-refractivity contribution in [1.29, 1.82) is 0 Å². The van der Waals surface area contributed by atoms with E-state index in [1.807, 2.05) is 29.4 Å². The van der Waals surface area contributed by atoms with Crippen LogP contribution in [0, 0.1) is 0 Å². The third-order valence-corrected chi connectivity index (χ3v) is 6.29. The molecule has 0 bridgehead atoms. The second-order valence-corrected chi connectivity index (χ2v) is 7.61. The average Bonchev–Trinajstić information content (AvgIpc) is 2.98. The van der Waals surface area contributed by atoms with Crippen LogP contribution in [-0.2, 0) is 16.1 Å². The average molecular weight is 398 g/mol. The van der Waals surface area contributed by atoms with Gasteiger partial charge in [0.1, 0.15) is 27.1 Å². The van der Waals surface area contributed by atoms with Crippen molar-refractivity contribution in [3.8, 4) is 11.5 Å². The molecule has 1 aromatic rings. The maximum atomic E-state index is 11.8. The van der Waals surface area contributed by atoms with E-state index in [0.29, 0.717) is 41.7 Å². The van der Waals surface area contributed by atoms with Crippen LogP contribution in [-0.4, -0.2) is 42.4 Å². The number of thioether (sulfide) groups is 2. The maximum absolute atomic E-state index is 11.8. The summed E-state index contributed by atoms with van der Waals surface area (Å²) in [6.07, 6.45) is 2.97. The van der Waals surface area contributed by atoms with Crippen molar-refractivity contribution in [3.63, 3.8) is 0 Å². The highest BCUT2D eigenvalue weighted by Gasteiger charge is 2.33. The number of benzene rings is 1. The van der Waals surface area contributed by atoms with Gasteiger partial charge in [0.25, 0.3) is 0 Å². The van der Waals surface area contributed by atoms with Crippen molar-refractivity contribution in [3.05, 3.63) is 34.6 Å². The number of hydrogen-bond acceptors (Lipinski definition) is 7. The second kappa shape index (κ2) is 9.63. The van der Waals surface area contributed by atoms with Crippen LogP contribution in [0.3, 0.4) is 0 Å². The molecule has 1 unspecified atom stereocenters. The van der Waals surface area contributed by atoms with Gasteiger partial charge in [-0.25, -0.2) is 0 Å². The lowest BCUT2D eigenvalue weighted by molar-refractivity contribution is -0.120. The van der Waals surface area contributed by atoms with Gasteiger partial charge < -0.3 is 25.0 Å². The van der Waals surface area contributed by atoms with Crippen LogP contribution in [0.2, 0.25) is 0 Å². The summed E-state index contributed by atoms with van der Waals surface area (Å²) in [7, 11) is 3.21. The smallest absolute Gasteiger partial charge is 0.224 e. The lowest BCUT2D eigenvalue weighted by Gasteiger charge is -2.27. The molecule has 26 heavy (non-hydrogen) atoms. The number of nitrogens with zero attached hydrogens (tertiary/aromatic N) is 1. The number of methoxy groups -OCH3 is 2. The SMILES string of the molecule is CCC(=O)NC1=C(NC=O)N(Cc2ccc(OC)cc2OC)C(SC)S1. The quantitative estimate of drug-likeness (QED) is 0.619. The minimum Gasteiger partial charge on any atom is -0.497 e. The molecule has 0 radical (unpaired) electrons. The summed E-state index contributed by atoms with van der Waals surface area (Å²) < 4.78 is 10.7. The van der Waals surface area contributed by atoms with Crippen molar-refractivity contribution in [2.75, 3.05) is 20.5 Å². The first-order valence-electron chi connectivity index (χ1n) is 7.99. The molecule has 2 amide bonds. The first-order valence-corrected chi connectivity index (χ1v) is 10.2. The summed E-state index contributed by atoms with van der Waals surface area (Å²) in [6.45, 7) is 2.29. The van der Waals surface area contributed by atoms with Crippen LogP contribution < -0.4 is 20.1 Å². The normalized spacial score (nSPS) is 16.5. The predicted octanol–water partition coefficient (Wildman–Crippen LogP) is 2.30. The van der Waals surface area contributed by atoms with Crippen LogP contribution in [0.25, 0.3) is 0 Å². The molecular weight excluding hydrogens is 374 g/mol. The Bertz CT molecular complexity index is 697. The van der Waals surface area contributed by atoms with Gasteiger partial charge >= 0.3 is 0 Å². The van der Waals surface area contributed by atoms with Gasteiger partial charge in [-0.3, -0.25) is 9.59 Å². The largest absolute Gasteiger partial charge is 0.497 e. The van der Waals surface area contributed by atoms with Gasteiger partial charge in [0.15, 0.2) is 0 Å². The molecule has 1 aliphatic heterocycles. The lowest BCUT2D eigenvalue weighted by Crippen LogP contribution is -2.33. The zero-order valence-corrected chi connectivity index (χ0v) is 16.8. The molecule has 0 spiro atoms. The molecule has 142 valence electrons. The fourth-order valence-corrected chi connectivity index (χ4v) is 4.54. The fourth-order valence-electron chi connectivity index (χ4n) is 2.46. The van der Waals surface area contributed by atoms with E-state index in [1.165, 1.54) is 11.8 Å². The molecule has 0 saturated heterocycles. The first kappa shape index (κ1) is 20.3. The Labute approximate surface area is 161 Å². The van der Waals surface area contributed by atoms with Crippen LogP contribution >= 0.6 is 23.5 Å². The van der Waals surface area contributed by atoms with Gasteiger partial charge in [0, 0.05) is 24.6 Å². The predicted molar refractivity (Wildman–Crippen MR) is 105 cm³/mol. The van der Waals surface area contributed by atoms with Gasteiger partial charge in [-0.15, -0.1) is 11.8 Å². The summed E-state index contributed by atoms with van der Waals surface area (Å²) in [5, 5.41) is 6.24. The van der Waals surface area contributed by atoms with E-state index in [0.717, 1.165) is 5.56 Å². The molecule has 1 atom stereocenters. The van der Waals surface area contributed by atoms with Gasteiger partial charge in [0.2, 0.25) is 12.3 Å². The summed E-state index contributed by atoms with van der Waals surface area (Å²) in [5.41, 5.74) is 0.946. The molecule has 1 aliphatic rings. The highest BCUT2D eigenvalue weighted by atomic mass is 32.2. The standard InChI is InChI=1S/C17H23N3O4S2/c1-5-14(22)19-16-15(18-10-21)20(17(25-4)26-16)9-11-6-7-12(23-2)8-13(11)24-3/h6-8,10,17H,5,9H2,1-4H3,(H,18,21)(H,19,22). The molecule has 2 rings (SSSR count). The lowest BCUT2D eigenvalue weighted by atomic mass is 10.2. The maximum Gasteiger partial charge on any atom is 0.224 e. The van der Waals surface area contributed by atoms with E-state index >= 15 is 0 Å². The summed E-state index contributed by atoms with van der Waals surface area (Å²) in [6, 6.07) is 5.62. The van der Waals surface area contributed by atoms with E-state index in [9.17, 15) is 9.59 Å². The third kappa shape index (κ3) is 4.59. The Hall–Kier alpha value is -2.00. The summed E-state index contributed by atoms with van der Waals surface area (Å²) in [5.74, 6) is 1.90. The zero-order valence-electron chi connectivity index (χ0n) is 15.2. The highest BCUT2D eigenvalue weighted by molar-refractivity contribution is 8.18. The number of nitrogens with one attached hydrogen (secondary N) is 2. The van der Waals surface area contributed by atoms with E-state index in [-0.39, 0.29) is 10.6 Å². The van der Waals surface area contributed by atoms with Gasteiger partial charge in [-0.2, -0.15) is 0 Å². The van der Waals surface area contributed by atoms with E-state index in [2.05, 4.69) is 10.6 Å². The molecule has 1 aromatic carbocycles. The fraction of sp³-hybridized carbons (Fsp3) is 0.412. The van der Waals surface area contributed by atoms with Crippen molar-refractivity contribution in [2.24, 2.45) is 0 Å². The summed E-state index contributed by atoms with van der Waals surface area (Å²) in [4.78, 5) is 25.0. The molecular formula is C17H23N3O4S2. The minimum absolute atomic E-state index is 0.0106. The van der Waals surface area contributed by atoms with E-state index < -0.39 is 0 Å². The molecule has 0 fully saturated rings. The summed E-state index contributed by atoms with van der Waals surface area (Å²) >= 11 is 3.12. The number of rotatable bonds is 9. The molecule has 0 saturated carbocycles. The number of hydrogen-bond donors (Lipinski definition) is 2. The van der Waals surface area contributed by atoms with Crippen LogP contribution in [0.1, 0.15) is 18.9 Å². The van der Waals surface area contributed by atoms with Crippen LogP contribution in [0.4, 0.5) is 0 Å². The van der Waals surface area contributed by atoms with Crippen molar-refractivity contribution in [2.45, 2.75) is 24.6 Å². The number of carbonyl (C=O) groups excluding carboxylic acids is 2. The van der Waals surface area contributed by atoms with Crippen molar-refractivity contribution < 1.29 is 19.1 Å². The number of ether oxygens (including phenoxy) is 2. The number of amides is 2. The third-order valence-electron chi connectivity index (χ3n) is 3.78. The van der Waals surface area contributed by atoms with Gasteiger partial charge in [-0.05, 0) is 18.4 Å². The van der Waals surface area contributed by atoms with E-state index in [1.54, 1.807) is 32.9 Å². The Morgan fingerprint density at radius 1 is 1.38 bits per heavy atom. The Morgan fingerprint density at radius 3 is 2.73 bits per heavy atom. The minimum atomic E-state index is -0.0959. The molecule has 0 aliphatic carbocycles. The Balaban J connectivity index is 2.34. The van der Waals surface area contributed by atoms with Gasteiger partial charge in [0.05, 0.1) is 14.2 Å². The van der Waals surface area contributed by atoms with Crippen molar-refractivity contribution >= 4 is 35.8 Å². The zero-order chi connectivity index (χ0) is 19.1. The Morgan fingerprint density at radius 2 is 2.15 bits per heavy atom. The molecule has 0 aromatic heterocycles. The first-order chi connectivity index (χ1) is 12.6.